The molecule has 2 heterocycles. The van der Waals surface area contributed by atoms with E-state index in [4.69, 9.17) is 16.7 Å². The molecule has 104 valence electrons. The number of rotatable bonds is 4. The van der Waals surface area contributed by atoms with Gasteiger partial charge in [-0.3, -0.25) is 9.78 Å². The van der Waals surface area contributed by atoms with Gasteiger partial charge in [-0.05, 0) is 24.3 Å². The Hall–Kier alpha value is -1.85. The molecule has 1 saturated heterocycles. The summed E-state index contributed by atoms with van der Waals surface area (Å²) in [5, 5.41) is 17.0. The molecule has 0 spiro atoms. The topological polar surface area (TPSA) is 74.2 Å². The van der Waals surface area contributed by atoms with Crippen molar-refractivity contribution in [2.45, 2.75) is 12.0 Å². The van der Waals surface area contributed by atoms with E-state index in [1.54, 1.807) is 12.3 Å². The van der Waals surface area contributed by atoms with E-state index in [0.717, 1.165) is 16.6 Å². The predicted molar refractivity (Wildman–Crippen MR) is 78.2 cm³/mol. The van der Waals surface area contributed by atoms with Crippen LogP contribution in [0, 0.1) is 0 Å². The van der Waals surface area contributed by atoms with Gasteiger partial charge in [0.1, 0.15) is 0 Å². The van der Waals surface area contributed by atoms with Crippen molar-refractivity contribution < 1.29 is 9.90 Å². The molecule has 1 aromatic carbocycles. The maximum Gasteiger partial charge on any atom is 0.305 e. The van der Waals surface area contributed by atoms with Gasteiger partial charge in [-0.25, -0.2) is 0 Å². The molecule has 1 aliphatic rings. The summed E-state index contributed by atoms with van der Waals surface area (Å²) in [6.07, 6.45) is 1.77. The number of nitrogens with zero attached hydrogens (tertiary/aromatic N) is 1. The van der Waals surface area contributed by atoms with Crippen LogP contribution < -0.4 is 10.6 Å². The van der Waals surface area contributed by atoms with Crippen LogP contribution in [0.1, 0.15) is 6.42 Å². The summed E-state index contributed by atoms with van der Waals surface area (Å²) in [5.41, 5.74) is 1.12. The van der Waals surface area contributed by atoms with Crippen LogP contribution in [-0.4, -0.2) is 34.7 Å². The molecule has 1 fully saturated rings. The van der Waals surface area contributed by atoms with Gasteiger partial charge in [0.05, 0.1) is 28.2 Å². The summed E-state index contributed by atoms with van der Waals surface area (Å²) in [4.78, 5) is 15.4. The third-order valence-electron chi connectivity index (χ3n) is 3.53. The van der Waals surface area contributed by atoms with Gasteiger partial charge in [-0.15, -0.1) is 0 Å². The number of anilines is 1. The second-order valence-electron chi connectivity index (χ2n) is 5.07. The number of carboxylic acid groups (broad SMARTS) is 1. The molecule has 1 aliphatic heterocycles. The lowest BCUT2D eigenvalue weighted by Crippen LogP contribution is -2.65. The lowest BCUT2D eigenvalue weighted by Gasteiger charge is -2.43. The van der Waals surface area contributed by atoms with Crippen molar-refractivity contribution in [3.8, 4) is 0 Å². The van der Waals surface area contributed by atoms with Crippen molar-refractivity contribution in [2.24, 2.45) is 0 Å². The number of carboxylic acids is 1. The molecule has 3 N–H and O–H groups in total. The van der Waals surface area contributed by atoms with Gasteiger partial charge < -0.3 is 15.7 Å². The Bertz CT molecular complexity index is 671. The summed E-state index contributed by atoms with van der Waals surface area (Å²) in [6.45, 7) is 1.24. The first-order valence-electron chi connectivity index (χ1n) is 6.34. The number of aliphatic carboxylic acids is 1. The summed E-state index contributed by atoms with van der Waals surface area (Å²) in [6, 6.07) is 7.38. The van der Waals surface area contributed by atoms with Crippen LogP contribution in [-0.2, 0) is 4.79 Å². The van der Waals surface area contributed by atoms with Crippen LogP contribution in [0.4, 0.5) is 5.69 Å². The Balaban J connectivity index is 1.98. The van der Waals surface area contributed by atoms with E-state index in [1.165, 1.54) is 0 Å². The molecule has 1 aromatic heterocycles. The molecule has 6 heteroatoms. The second kappa shape index (κ2) is 4.92. The zero-order chi connectivity index (χ0) is 14.2. The van der Waals surface area contributed by atoms with Crippen molar-refractivity contribution in [1.82, 2.24) is 10.3 Å². The maximum absolute atomic E-state index is 11.0. The van der Waals surface area contributed by atoms with E-state index in [2.05, 4.69) is 15.6 Å². The van der Waals surface area contributed by atoms with Crippen LogP contribution in [0.15, 0.2) is 30.5 Å². The fraction of sp³-hybridized carbons (Fsp3) is 0.286. The van der Waals surface area contributed by atoms with Gasteiger partial charge in [-0.1, -0.05) is 11.6 Å². The molecule has 0 radical (unpaired) electrons. The van der Waals surface area contributed by atoms with Gasteiger partial charge >= 0.3 is 5.97 Å². The number of fused-ring (bicyclic) bond motifs is 1. The zero-order valence-corrected chi connectivity index (χ0v) is 11.4. The van der Waals surface area contributed by atoms with Gasteiger partial charge in [-0.2, -0.15) is 0 Å². The molecule has 3 rings (SSSR count). The fourth-order valence-corrected chi connectivity index (χ4v) is 2.71. The number of carbonyl (C=O) groups is 1. The number of nitrogens with one attached hydrogen (secondary N) is 2. The number of aromatic nitrogens is 1. The summed E-state index contributed by atoms with van der Waals surface area (Å²) < 4.78 is 0. The lowest BCUT2D eigenvalue weighted by atomic mass is 9.88. The molecule has 2 aromatic rings. The highest BCUT2D eigenvalue weighted by molar-refractivity contribution is 6.35. The quantitative estimate of drug-likeness (QED) is 0.804. The van der Waals surface area contributed by atoms with Crippen LogP contribution in [0.2, 0.25) is 5.02 Å². The SMILES string of the molecule is O=C(O)CC1(Nc2ccc(Cl)c3cccnc23)CNC1. The number of hydrogen-bond acceptors (Lipinski definition) is 4. The van der Waals surface area contributed by atoms with E-state index >= 15 is 0 Å². The monoisotopic (exact) mass is 291 g/mol. The largest absolute Gasteiger partial charge is 0.481 e. The zero-order valence-electron chi connectivity index (χ0n) is 10.7. The highest BCUT2D eigenvalue weighted by Crippen LogP contribution is 2.31. The standard InChI is InChI=1S/C14H14ClN3O2/c15-10-3-4-11(13-9(10)2-1-5-17-13)18-14(6-12(19)20)7-16-8-14/h1-5,16,18H,6-8H2,(H,19,20). The number of pyridine rings is 1. The Labute approximate surface area is 121 Å². The molecule has 0 saturated carbocycles. The number of benzene rings is 1. The highest BCUT2D eigenvalue weighted by Gasteiger charge is 2.39. The summed E-state index contributed by atoms with van der Waals surface area (Å²) in [7, 11) is 0. The highest BCUT2D eigenvalue weighted by atomic mass is 35.5. The Morgan fingerprint density at radius 1 is 1.45 bits per heavy atom. The normalized spacial score (nSPS) is 16.6. The minimum atomic E-state index is -0.815. The van der Waals surface area contributed by atoms with Gasteiger partial charge in [0.25, 0.3) is 0 Å². The summed E-state index contributed by atoms with van der Waals surface area (Å²) >= 11 is 6.16. The van der Waals surface area contributed by atoms with Crippen molar-refractivity contribution in [1.29, 1.82) is 0 Å². The Morgan fingerprint density at radius 3 is 2.90 bits per heavy atom. The minimum Gasteiger partial charge on any atom is -0.481 e. The number of halogens is 1. The first-order valence-corrected chi connectivity index (χ1v) is 6.71. The van der Waals surface area contributed by atoms with Gasteiger partial charge in [0.15, 0.2) is 0 Å². The summed E-state index contributed by atoms with van der Waals surface area (Å²) in [5.74, 6) is -0.815. The molecule has 0 atom stereocenters. The maximum atomic E-state index is 11.0. The van der Waals surface area contributed by atoms with E-state index in [9.17, 15) is 4.79 Å². The fourth-order valence-electron chi connectivity index (χ4n) is 2.50. The molecule has 0 bridgehead atoms. The molecule has 0 amide bonds. The first-order chi connectivity index (χ1) is 9.60. The van der Waals surface area contributed by atoms with E-state index in [1.807, 2.05) is 18.2 Å². The number of hydrogen-bond donors (Lipinski definition) is 3. The van der Waals surface area contributed by atoms with Crippen molar-refractivity contribution in [3.63, 3.8) is 0 Å². The van der Waals surface area contributed by atoms with Crippen molar-refractivity contribution >= 4 is 34.2 Å². The Morgan fingerprint density at radius 2 is 2.25 bits per heavy atom. The second-order valence-corrected chi connectivity index (χ2v) is 5.48. The van der Waals surface area contributed by atoms with Crippen LogP contribution in [0.3, 0.4) is 0 Å². The Kier molecular flexibility index (Phi) is 3.23. The minimum absolute atomic E-state index is 0.0664. The molecular weight excluding hydrogens is 278 g/mol. The molecule has 0 aliphatic carbocycles. The van der Waals surface area contributed by atoms with Crippen LogP contribution in [0.5, 0.6) is 0 Å². The van der Waals surface area contributed by atoms with E-state index < -0.39 is 11.5 Å². The first kappa shape index (κ1) is 13.1. The average molecular weight is 292 g/mol. The molecule has 5 nitrogen and oxygen atoms in total. The average Bonchev–Trinajstić information content (AvgIpc) is 2.39. The van der Waals surface area contributed by atoms with Crippen molar-refractivity contribution in [3.05, 3.63) is 35.5 Å². The van der Waals surface area contributed by atoms with Crippen LogP contribution >= 0.6 is 11.6 Å². The molecule has 0 unspecified atom stereocenters. The van der Waals surface area contributed by atoms with Gasteiger partial charge in [0.2, 0.25) is 0 Å². The van der Waals surface area contributed by atoms with Gasteiger partial charge in [0, 0.05) is 24.7 Å². The van der Waals surface area contributed by atoms with E-state index in [0.29, 0.717) is 18.1 Å². The molecule has 20 heavy (non-hydrogen) atoms. The third kappa shape index (κ3) is 2.30. The van der Waals surface area contributed by atoms with Crippen LogP contribution in [0.25, 0.3) is 10.9 Å². The molecular formula is C14H14ClN3O2. The van der Waals surface area contributed by atoms with E-state index in [-0.39, 0.29) is 6.42 Å². The smallest absolute Gasteiger partial charge is 0.305 e. The van der Waals surface area contributed by atoms with Crippen molar-refractivity contribution in [2.75, 3.05) is 18.4 Å². The lowest BCUT2D eigenvalue weighted by molar-refractivity contribution is -0.138. The predicted octanol–water partition coefficient (Wildman–Crippen LogP) is 2.12. The third-order valence-corrected chi connectivity index (χ3v) is 3.86.